The smallest absolute Gasteiger partial charge is 0.218 e. The molecule has 1 atom stereocenters. The van der Waals surface area contributed by atoms with Gasteiger partial charge in [0, 0.05) is 32.3 Å². The summed E-state index contributed by atoms with van der Waals surface area (Å²) in [5.74, 6) is 0. The molecular formula is C11H22N2O3S. The second kappa shape index (κ2) is 5.65. The van der Waals surface area contributed by atoms with Gasteiger partial charge in [0.25, 0.3) is 0 Å². The minimum absolute atomic E-state index is 0.346. The molecule has 0 spiro atoms. The number of nitrogens with one attached hydrogen (secondary N) is 1. The minimum atomic E-state index is -3.16. The summed E-state index contributed by atoms with van der Waals surface area (Å²) < 4.78 is 31.5. The molecule has 17 heavy (non-hydrogen) atoms. The summed E-state index contributed by atoms with van der Waals surface area (Å²) >= 11 is 0. The molecule has 6 heteroatoms. The molecule has 5 nitrogen and oxygen atoms in total. The fourth-order valence-corrected chi connectivity index (χ4v) is 3.49. The van der Waals surface area contributed by atoms with E-state index in [4.69, 9.17) is 4.74 Å². The SMILES string of the molecule is CC(CNC1CC1)S(=O)(=O)N1CCCOCC1. The van der Waals surface area contributed by atoms with Crippen molar-refractivity contribution in [3.8, 4) is 0 Å². The van der Waals surface area contributed by atoms with E-state index in [0.29, 0.717) is 38.9 Å². The van der Waals surface area contributed by atoms with E-state index in [1.54, 1.807) is 11.2 Å². The fraction of sp³-hybridized carbons (Fsp3) is 1.00. The maximum atomic E-state index is 12.3. The summed E-state index contributed by atoms with van der Waals surface area (Å²) in [6.45, 7) is 4.62. The van der Waals surface area contributed by atoms with Gasteiger partial charge >= 0.3 is 0 Å². The number of sulfonamides is 1. The van der Waals surface area contributed by atoms with Gasteiger partial charge in [-0.2, -0.15) is 4.31 Å². The third kappa shape index (κ3) is 3.64. The Morgan fingerprint density at radius 2 is 2.12 bits per heavy atom. The highest BCUT2D eigenvalue weighted by atomic mass is 32.2. The Hall–Kier alpha value is -0.170. The lowest BCUT2D eigenvalue weighted by Gasteiger charge is -2.24. The molecule has 0 aromatic heterocycles. The maximum absolute atomic E-state index is 12.3. The molecule has 1 saturated carbocycles. The maximum Gasteiger partial charge on any atom is 0.218 e. The lowest BCUT2D eigenvalue weighted by atomic mass is 10.4. The van der Waals surface area contributed by atoms with Gasteiger partial charge in [-0.3, -0.25) is 0 Å². The van der Waals surface area contributed by atoms with Gasteiger partial charge < -0.3 is 10.1 Å². The van der Waals surface area contributed by atoms with Gasteiger partial charge in [0.1, 0.15) is 0 Å². The van der Waals surface area contributed by atoms with Gasteiger partial charge in [0.15, 0.2) is 0 Å². The van der Waals surface area contributed by atoms with E-state index in [0.717, 1.165) is 6.42 Å². The number of nitrogens with zero attached hydrogens (tertiary/aromatic N) is 1. The van der Waals surface area contributed by atoms with Crippen molar-refractivity contribution in [2.24, 2.45) is 0 Å². The summed E-state index contributed by atoms with van der Waals surface area (Å²) in [7, 11) is -3.16. The quantitative estimate of drug-likeness (QED) is 0.768. The first-order valence-electron chi connectivity index (χ1n) is 6.41. The van der Waals surface area contributed by atoms with Crippen molar-refractivity contribution in [2.45, 2.75) is 37.5 Å². The Morgan fingerprint density at radius 3 is 2.82 bits per heavy atom. The highest BCUT2D eigenvalue weighted by Crippen LogP contribution is 2.19. The molecule has 1 heterocycles. The van der Waals surface area contributed by atoms with E-state index < -0.39 is 10.0 Å². The molecule has 0 aromatic carbocycles. The molecule has 1 unspecified atom stereocenters. The standard InChI is InChI=1S/C11H22N2O3S/c1-10(9-12-11-3-4-11)17(14,15)13-5-2-7-16-8-6-13/h10-12H,2-9H2,1H3. The zero-order chi connectivity index (χ0) is 12.3. The molecule has 1 saturated heterocycles. The van der Waals surface area contributed by atoms with Crippen LogP contribution in [0.1, 0.15) is 26.2 Å². The molecule has 0 aromatic rings. The Labute approximate surface area is 104 Å². The number of hydrogen-bond donors (Lipinski definition) is 1. The second-order valence-corrected chi connectivity index (χ2v) is 7.25. The zero-order valence-corrected chi connectivity index (χ0v) is 11.2. The van der Waals surface area contributed by atoms with Gasteiger partial charge in [-0.05, 0) is 26.2 Å². The first-order chi connectivity index (χ1) is 8.10. The third-order valence-electron chi connectivity index (χ3n) is 3.32. The van der Waals surface area contributed by atoms with Crippen LogP contribution in [0.15, 0.2) is 0 Å². The van der Waals surface area contributed by atoms with Crippen molar-refractivity contribution in [3.63, 3.8) is 0 Å². The normalized spacial score (nSPS) is 25.5. The predicted molar refractivity (Wildman–Crippen MR) is 66.4 cm³/mol. The summed E-state index contributed by atoms with van der Waals surface area (Å²) in [4.78, 5) is 0. The van der Waals surface area contributed by atoms with Crippen LogP contribution in [0, 0.1) is 0 Å². The highest BCUT2D eigenvalue weighted by Gasteiger charge is 2.30. The van der Waals surface area contributed by atoms with Crippen molar-refractivity contribution < 1.29 is 13.2 Å². The van der Waals surface area contributed by atoms with E-state index in [-0.39, 0.29) is 5.25 Å². The molecule has 2 rings (SSSR count). The summed E-state index contributed by atoms with van der Waals surface area (Å²) in [5.41, 5.74) is 0. The zero-order valence-electron chi connectivity index (χ0n) is 10.4. The average Bonchev–Trinajstić information content (AvgIpc) is 3.12. The Kier molecular flexibility index (Phi) is 4.41. The second-order valence-electron chi connectivity index (χ2n) is 4.90. The highest BCUT2D eigenvalue weighted by molar-refractivity contribution is 7.89. The topological polar surface area (TPSA) is 58.6 Å². The van der Waals surface area contributed by atoms with Gasteiger partial charge in [-0.25, -0.2) is 8.42 Å². The third-order valence-corrected chi connectivity index (χ3v) is 5.59. The van der Waals surface area contributed by atoms with E-state index in [1.165, 1.54) is 12.8 Å². The molecule has 0 bridgehead atoms. The van der Waals surface area contributed by atoms with Crippen LogP contribution >= 0.6 is 0 Å². The van der Waals surface area contributed by atoms with Crippen LogP contribution in [0.2, 0.25) is 0 Å². The lowest BCUT2D eigenvalue weighted by molar-refractivity contribution is 0.148. The van der Waals surface area contributed by atoms with Crippen LogP contribution in [0.4, 0.5) is 0 Å². The number of rotatable bonds is 5. The average molecular weight is 262 g/mol. The number of ether oxygens (including phenoxy) is 1. The molecule has 2 fully saturated rings. The van der Waals surface area contributed by atoms with Gasteiger partial charge in [0.2, 0.25) is 10.0 Å². The van der Waals surface area contributed by atoms with Crippen molar-refractivity contribution in [2.75, 3.05) is 32.8 Å². The molecule has 100 valence electrons. The van der Waals surface area contributed by atoms with Crippen LogP contribution < -0.4 is 5.32 Å². The molecule has 0 radical (unpaired) electrons. The van der Waals surface area contributed by atoms with Crippen molar-refractivity contribution in [1.29, 1.82) is 0 Å². The van der Waals surface area contributed by atoms with Crippen molar-refractivity contribution in [3.05, 3.63) is 0 Å². The van der Waals surface area contributed by atoms with E-state index >= 15 is 0 Å². The van der Waals surface area contributed by atoms with Crippen LogP contribution in [-0.4, -0.2) is 56.9 Å². The van der Waals surface area contributed by atoms with Crippen molar-refractivity contribution >= 4 is 10.0 Å². The Balaban J connectivity index is 1.89. The lowest BCUT2D eigenvalue weighted by Crippen LogP contribution is -2.43. The first-order valence-corrected chi connectivity index (χ1v) is 7.91. The fourth-order valence-electron chi connectivity index (χ4n) is 1.96. The summed E-state index contributed by atoms with van der Waals surface area (Å²) in [5, 5.41) is 2.93. The van der Waals surface area contributed by atoms with Crippen LogP contribution in [-0.2, 0) is 14.8 Å². The Morgan fingerprint density at radius 1 is 1.35 bits per heavy atom. The van der Waals surface area contributed by atoms with Crippen LogP contribution in [0.3, 0.4) is 0 Å². The summed E-state index contributed by atoms with van der Waals surface area (Å²) in [6.07, 6.45) is 3.16. The van der Waals surface area contributed by atoms with Gasteiger partial charge in [-0.1, -0.05) is 0 Å². The molecule has 1 aliphatic carbocycles. The van der Waals surface area contributed by atoms with Gasteiger partial charge in [-0.15, -0.1) is 0 Å². The van der Waals surface area contributed by atoms with Crippen LogP contribution in [0.5, 0.6) is 0 Å². The molecular weight excluding hydrogens is 240 g/mol. The van der Waals surface area contributed by atoms with E-state index in [9.17, 15) is 8.42 Å². The number of hydrogen-bond acceptors (Lipinski definition) is 4. The first kappa shape index (κ1) is 13.3. The molecule has 1 aliphatic heterocycles. The largest absolute Gasteiger partial charge is 0.380 e. The minimum Gasteiger partial charge on any atom is -0.380 e. The Bertz CT molecular complexity index is 333. The predicted octanol–water partition coefficient (Wildman–Crippen LogP) is 0.179. The van der Waals surface area contributed by atoms with E-state index in [2.05, 4.69) is 5.32 Å². The summed E-state index contributed by atoms with van der Waals surface area (Å²) in [6, 6.07) is 0.556. The monoisotopic (exact) mass is 262 g/mol. The van der Waals surface area contributed by atoms with Crippen molar-refractivity contribution in [1.82, 2.24) is 9.62 Å². The van der Waals surface area contributed by atoms with Crippen LogP contribution in [0.25, 0.3) is 0 Å². The van der Waals surface area contributed by atoms with E-state index in [1.807, 2.05) is 0 Å². The molecule has 1 N–H and O–H groups in total. The molecule has 2 aliphatic rings. The molecule has 0 amide bonds. The van der Waals surface area contributed by atoms with Gasteiger partial charge in [0.05, 0.1) is 11.9 Å².